The van der Waals surface area contributed by atoms with Crippen LogP contribution in [0.1, 0.15) is 25.0 Å². The molecule has 0 fully saturated rings. The SMILES string of the molecule is CCNC(=S)N/N=C\c1cc(I)c(OCc2ccc([N+](=O)[O-])cc2)c(OCC)c1. The van der Waals surface area contributed by atoms with E-state index >= 15 is 0 Å². The minimum atomic E-state index is -0.430. The van der Waals surface area contributed by atoms with Gasteiger partial charge < -0.3 is 14.8 Å². The normalized spacial score (nSPS) is 10.6. The summed E-state index contributed by atoms with van der Waals surface area (Å²) in [4.78, 5) is 10.3. The summed E-state index contributed by atoms with van der Waals surface area (Å²) in [5.74, 6) is 1.20. The molecule has 154 valence electrons. The Labute approximate surface area is 188 Å². The van der Waals surface area contributed by atoms with Crippen LogP contribution in [0.3, 0.4) is 0 Å². The van der Waals surface area contributed by atoms with Gasteiger partial charge in [-0.2, -0.15) is 5.10 Å². The molecule has 0 atom stereocenters. The number of hydrogen-bond acceptors (Lipinski definition) is 6. The van der Waals surface area contributed by atoms with Gasteiger partial charge in [0, 0.05) is 18.7 Å². The third-order valence-electron chi connectivity index (χ3n) is 3.58. The standard InChI is InChI=1S/C19H21IN4O4S/c1-3-21-19(29)23-22-11-14-9-16(20)18(17(10-14)27-4-2)28-12-13-5-7-15(8-6-13)24(25)26/h5-11H,3-4,12H2,1-2H3,(H2,21,23,29)/b22-11-. The number of rotatable bonds is 9. The molecule has 0 bridgehead atoms. The number of hydrazone groups is 1. The molecule has 0 heterocycles. The van der Waals surface area contributed by atoms with Gasteiger partial charge in [0.2, 0.25) is 0 Å². The van der Waals surface area contributed by atoms with Crippen LogP contribution in [0.5, 0.6) is 11.5 Å². The highest BCUT2D eigenvalue weighted by Crippen LogP contribution is 2.34. The van der Waals surface area contributed by atoms with E-state index in [1.54, 1.807) is 18.3 Å². The van der Waals surface area contributed by atoms with E-state index in [4.69, 9.17) is 21.7 Å². The lowest BCUT2D eigenvalue weighted by Gasteiger charge is -2.14. The van der Waals surface area contributed by atoms with Crippen LogP contribution in [0.15, 0.2) is 41.5 Å². The summed E-state index contributed by atoms with van der Waals surface area (Å²) in [6.07, 6.45) is 1.65. The molecule has 0 unspecified atom stereocenters. The van der Waals surface area contributed by atoms with Crippen LogP contribution in [0, 0.1) is 13.7 Å². The molecule has 0 amide bonds. The molecule has 2 aromatic carbocycles. The Balaban J connectivity index is 2.13. The fourth-order valence-electron chi connectivity index (χ4n) is 2.30. The van der Waals surface area contributed by atoms with E-state index < -0.39 is 4.92 Å². The van der Waals surface area contributed by atoms with E-state index in [-0.39, 0.29) is 12.3 Å². The van der Waals surface area contributed by atoms with Gasteiger partial charge in [0.05, 0.1) is 21.3 Å². The molecule has 0 aliphatic rings. The van der Waals surface area contributed by atoms with Crippen molar-refractivity contribution in [2.24, 2.45) is 5.10 Å². The van der Waals surface area contributed by atoms with E-state index in [9.17, 15) is 10.1 Å². The van der Waals surface area contributed by atoms with Crippen LogP contribution in [0.2, 0.25) is 0 Å². The lowest BCUT2D eigenvalue weighted by molar-refractivity contribution is -0.384. The average molecular weight is 528 g/mol. The maximum atomic E-state index is 10.8. The van der Waals surface area contributed by atoms with Crippen molar-refractivity contribution in [2.45, 2.75) is 20.5 Å². The second kappa shape index (κ2) is 11.5. The summed E-state index contributed by atoms with van der Waals surface area (Å²) in [7, 11) is 0. The van der Waals surface area contributed by atoms with Crippen LogP contribution in [-0.2, 0) is 6.61 Å². The Morgan fingerprint density at radius 1 is 1.28 bits per heavy atom. The summed E-state index contributed by atoms with van der Waals surface area (Å²) in [5, 5.41) is 18.3. The molecule has 2 aromatic rings. The van der Waals surface area contributed by atoms with Gasteiger partial charge in [0.25, 0.3) is 5.69 Å². The predicted molar refractivity (Wildman–Crippen MR) is 125 cm³/mol. The molecular formula is C19H21IN4O4S. The predicted octanol–water partition coefficient (Wildman–Crippen LogP) is 4.00. The van der Waals surface area contributed by atoms with Crippen LogP contribution in [-0.4, -0.2) is 29.4 Å². The van der Waals surface area contributed by atoms with Crippen LogP contribution >= 0.6 is 34.8 Å². The van der Waals surface area contributed by atoms with E-state index in [0.717, 1.165) is 14.7 Å². The van der Waals surface area contributed by atoms with Crippen molar-refractivity contribution >= 4 is 51.8 Å². The van der Waals surface area contributed by atoms with Gasteiger partial charge in [-0.3, -0.25) is 15.5 Å². The molecule has 0 aliphatic heterocycles. The molecule has 10 heteroatoms. The van der Waals surface area contributed by atoms with Gasteiger partial charge in [0.15, 0.2) is 16.6 Å². The maximum absolute atomic E-state index is 10.8. The molecule has 2 rings (SSSR count). The number of halogens is 1. The second-order valence-corrected chi connectivity index (χ2v) is 7.28. The number of benzene rings is 2. The molecule has 2 N–H and O–H groups in total. The van der Waals surface area contributed by atoms with Gasteiger partial charge in [-0.25, -0.2) is 0 Å². The number of nitrogens with one attached hydrogen (secondary N) is 2. The maximum Gasteiger partial charge on any atom is 0.269 e. The van der Waals surface area contributed by atoms with E-state index in [0.29, 0.717) is 29.8 Å². The summed E-state index contributed by atoms with van der Waals surface area (Å²) in [5.41, 5.74) is 4.44. The minimum absolute atomic E-state index is 0.0456. The van der Waals surface area contributed by atoms with Crippen LogP contribution < -0.4 is 20.2 Å². The lowest BCUT2D eigenvalue weighted by atomic mass is 10.2. The molecule has 0 radical (unpaired) electrons. The zero-order valence-corrected chi connectivity index (χ0v) is 19.0. The van der Waals surface area contributed by atoms with Crippen molar-refractivity contribution in [3.05, 3.63) is 61.2 Å². The zero-order chi connectivity index (χ0) is 21.2. The Bertz CT molecular complexity index is 891. The van der Waals surface area contributed by atoms with Gasteiger partial charge >= 0.3 is 0 Å². The number of hydrogen-bond donors (Lipinski definition) is 2. The monoisotopic (exact) mass is 528 g/mol. The average Bonchev–Trinajstić information content (AvgIpc) is 2.68. The molecule has 0 spiro atoms. The van der Waals surface area contributed by atoms with Gasteiger partial charge in [-0.15, -0.1) is 0 Å². The number of thiocarbonyl (C=S) groups is 1. The van der Waals surface area contributed by atoms with Gasteiger partial charge in [0.1, 0.15) is 6.61 Å². The number of nitro benzene ring substituents is 1. The Hall–Kier alpha value is -2.47. The molecule has 0 aliphatic carbocycles. The van der Waals surface area contributed by atoms with E-state index in [1.807, 2.05) is 26.0 Å². The van der Waals surface area contributed by atoms with Gasteiger partial charge in [-0.1, -0.05) is 0 Å². The number of ether oxygens (including phenoxy) is 2. The molecule has 29 heavy (non-hydrogen) atoms. The number of nitrogens with zero attached hydrogens (tertiary/aromatic N) is 2. The first kappa shape index (κ1) is 22.8. The third-order valence-corrected chi connectivity index (χ3v) is 4.62. The van der Waals surface area contributed by atoms with Crippen molar-refractivity contribution in [3.8, 4) is 11.5 Å². The molecular weight excluding hydrogens is 507 g/mol. The molecule has 0 saturated heterocycles. The van der Waals surface area contributed by atoms with Crippen molar-refractivity contribution < 1.29 is 14.4 Å². The molecule has 0 saturated carbocycles. The summed E-state index contributed by atoms with van der Waals surface area (Å²) in [6.45, 7) is 5.30. The zero-order valence-electron chi connectivity index (χ0n) is 16.0. The Kier molecular flexibility index (Phi) is 9.06. The first-order valence-corrected chi connectivity index (χ1v) is 10.3. The first-order chi connectivity index (χ1) is 13.9. The largest absolute Gasteiger partial charge is 0.490 e. The highest BCUT2D eigenvalue weighted by molar-refractivity contribution is 14.1. The first-order valence-electron chi connectivity index (χ1n) is 8.84. The summed E-state index contributed by atoms with van der Waals surface area (Å²) in [6, 6.07) is 10.00. The Morgan fingerprint density at radius 3 is 2.62 bits per heavy atom. The minimum Gasteiger partial charge on any atom is -0.490 e. The van der Waals surface area contributed by atoms with Crippen LogP contribution in [0.4, 0.5) is 5.69 Å². The lowest BCUT2D eigenvalue weighted by Crippen LogP contribution is -2.31. The third kappa shape index (κ3) is 7.13. The quantitative estimate of drug-likeness (QED) is 0.167. The van der Waals surface area contributed by atoms with E-state index in [2.05, 4.69) is 38.4 Å². The number of non-ortho nitro benzene ring substituents is 1. The highest BCUT2D eigenvalue weighted by atomic mass is 127. The highest BCUT2D eigenvalue weighted by Gasteiger charge is 2.13. The van der Waals surface area contributed by atoms with Crippen molar-refractivity contribution in [2.75, 3.05) is 13.2 Å². The van der Waals surface area contributed by atoms with Crippen molar-refractivity contribution in [3.63, 3.8) is 0 Å². The second-order valence-electron chi connectivity index (χ2n) is 5.70. The number of nitro groups is 1. The van der Waals surface area contributed by atoms with Crippen molar-refractivity contribution in [1.82, 2.24) is 10.7 Å². The smallest absolute Gasteiger partial charge is 0.269 e. The molecule has 0 aromatic heterocycles. The summed E-state index contributed by atoms with van der Waals surface area (Å²) < 4.78 is 12.5. The van der Waals surface area contributed by atoms with Crippen LogP contribution in [0.25, 0.3) is 0 Å². The fourth-order valence-corrected chi connectivity index (χ4v) is 3.28. The van der Waals surface area contributed by atoms with Gasteiger partial charge in [-0.05, 0) is 84.0 Å². The molecule has 8 nitrogen and oxygen atoms in total. The Morgan fingerprint density at radius 2 is 2.00 bits per heavy atom. The summed E-state index contributed by atoms with van der Waals surface area (Å²) >= 11 is 7.24. The van der Waals surface area contributed by atoms with E-state index in [1.165, 1.54) is 12.1 Å². The fraction of sp³-hybridized carbons (Fsp3) is 0.263. The topological polar surface area (TPSA) is 98.0 Å². The van der Waals surface area contributed by atoms with Crippen molar-refractivity contribution in [1.29, 1.82) is 0 Å².